The number of nitrogens with zero attached hydrogens (tertiary/aromatic N) is 6. The summed E-state index contributed by atoms with van der Waals surface area (Å²) in [6, 6.07) is 11.6. The van der Waals surface area contributed by atoms with Gasteiger partial charge >= 0.3 is 5.97 Å². The Bertz CT molecular complexity index is 2100. The molecule has 55 heavy (non-hydrogen) atoms. The number of hydrogen-bond acceptors (Lipinski definition) is 10. The molecule has 1 aliphatic carbocycles. The number of benzene rings is 2. The lowest BCUT2D eigenvalue weighted by Crippen LogP contribution is -2.55. The van der Waals surface area contributed by atoms with Crippen molar-refractivity contribution in [3.05, 3.63) is 77.6 Å². The van der Waals surface area contributed by atoms with Gasteiger partial charge < -0.3 is 24.1 Å². The SMILES string of the molecule is COC(=O)C1(N2CCN(CC3CCN(c4ccc(-c5cnc6[nH]cc(C(=O)c7c(F)ccc(N(N8CC[C@@H](F)C8)S(=O)[O-])c7F)c6c5)cc4)CC3)CC2)CC1. The first-order valence-corrected chi connectivity index (χ1v) is 19.8. The monoisotopic (exact) mass is 778 g/mol. The molecule has 2 aromatic carbocycles. The maximum atomic E-state index is 15.9. The molecule has 1 unspecified atom stereocenters. The van der Waals surface area contributed by atoms with Crippen molar-refractivity contribution in [1.82, 2.24) is 24.8 Å². The molecular weight excluding hydrogens is 736 g/mol. The Hall–Kier alpha value is -4.35. The Balaban J connectivity index is 0.920. The van der Waals surface area contributed by atoms with Gasteiger partial charge in [-0.3, -0.25) is 18.7 Å². The van der Waals surface area contributed by atoms with Crippen LogP contribution >= 0.6 is 0 Å². The zero-order valence-corrected chi connectivity index (χ0v) is 31.3. The van der Waals surface area contributed by atoms with E-state index in [1.165, 1.54) is 13.3 Å². The van der Waals surface area contributed by atoms with Crippen LogP contribution in [0.15, 0.2) is 54.9 Å². The van der Waals surface area contributed by atoms with Gasteiger partial charge in [0.1, 0.15) is 28.9 Å². The molecule has 3 aliphatic heterocycles. The molecule has 0 amide bonds. The van der Waals surface area contributed by atoms with Crippen molar-refractivity contribution in [2.24, 2.45) is 5.92 Å². The lowest BCUT2D eigenvalue weighted by molar-refractivity contribution is -0.149. The van der Waals surface area contributed by atoms with Crippen molar-refractivity contribution in [1.29, 1.82) is 0 Å². The van der Waals surface area contributed by atoms with Gasteiger partial charge in [0.25, 0.3) is 0 Å². The van der Waals surface area contributed by atoms with Crippen LogP contribution in [-0.4, -0.2) is 123 Å². The van der Waals surface area contributed by atoms with E-state index >= 15 is 8.78 Å². The second-order valence-electron chi connectivity index (χ2n) is 15.0. The molecule has 12 nitrogen and oxygen atoms in total. The molecular formula is C39H43F3N7O5S-. The number of carbonyl (C=O) groups excluding carboxylic acids is 2. The number of piperidine rings is 1. The quantitative estimate of drug-likeness (QED) is 0.128. The summed E-state index contributed by atoms with van der Waals surface area (Å²) in [6.07, 6.45) is 5.69. The molecule has 292 valence electrons. The van der Waals surface area contributed by atoms with Crippen molar-refractivity contribution >= 4 is 45.4 Å². The van der Waals surface area contributed by atoms with Crippen LogP contribution in [-0.2, 0) is 20.8 Å². The normalized spacial score (nSPS) is 21.5. The Morgan fingerprint density at radius 3 is 2.36 bits per heavy atom. The molecule has 0 bridgehead atoms. The summed E-state index contributed by atoms with van der Waals surface area (Å²) in [5.74, 6) is -3.00. The summed E-state index contributed by atoms with van der Waals surface area (Å²) in [7, 11) is 1.47. The zero-order valence-electron chi connectivity index (χ0n) is 30.5. The minimum Gasteiger partial charge on any atom is -0.754 e. The Labute approximate surface area is 319 Å². The van der Waals surface area contributed by atoms with E-state index in [1.807, 2.05) is 12.1 Å². The highest BCUT2D eigenvalue weighted by Crippen LogP contribution is 2.43. The summed E-state index contributed by atoms with van der Waals surface area (Å²) in [4.78, 5) is 40.7. The lowest BCUT2D eigenvalue weighted by atomic mass is 9.95. The molecule has 0 radical (unpaired) electrons. The van der Waals surface area contributed by atoms with Crippen LogP contribution in [0.2, 0.25) is 0 Å². The van der Waals surface area contributed by atoms with Gasteiger partial charge in [-0.05, 0) is 73.9 Å². The van der Waals surface area contributed by atoms with Crippen LogP contribution in [0.3, 0.4) is 0 Å². The van der Waals surface area contributed by atoms with Gasteiger partial charge in [-0.2, -0.15) is 0 Å². The molecule has 4 aromatic rings. The van der Waals surface area contributed by atoms with Gasteiger partial charge in [0, 0.05) is 87.0 Å². The van der Waals surface area contributed by atoms with E-state index in [1.54, 1.807) is 12.3 Å². The molecule has 4 aliphatic rings. The van der Waals surface area contributed by atoms with Gasteiger partial charge in [-0.25, -0.2) is 27.6 Å². The number of methoxy groups -OCH3 is 1. The summed E-state index contributed by atoms with van der Waals surface area (Å²) in [5.41, 5.74) is 1.08. The van der Waals surface area contributed by atoms with Crippen molar-refractivity contribution in [2.75, 3.05) is 75.3 Å². The zero-order chi connectivity index (χ0) is 38.4. The number of ether oxygens (including phenoxy) is 1. The first kappa shape index (κ1) is 37.6. The van der Waals surface area contributed by atoms with Crippen molar-refractivity contribution < 1.29 is 36.3 Å². The first-order valence-electron chi connectivity index (χ1n) is 18.8. The molecule has 2 aromatic heterocycles. The summed E-state index contributed by atoms with van der Waals surface area (Å²) >= 11 is -3.06. The smallest absolute Gasteiger partial charge is 0.326 e. The lowest BCUT2D eigenvalue weighted by Gasteiger charge is -2.41. The second kappa shape index (κ2) is 15.3. The van der Waals surface area contributed by atoms with Crippen LogP contribution in [0.5, 0.6) is 0 Å². The molecule has 3 saturated heterocycles. The number of fused-ring (bicyclic) bond motifs is 1. The average Bonchev–Trinajstić information content (AvgIpc) is 3.72. The third-order valence-corrected chi connectivity index (χ3v) is 12.5. The Kier molecular flexibility index (Phi) is 10.4. The van der Waals surface area contributed by atoms with Crippen LogP contribution < -0.4 is 9.31 Å². The van der Waals surface area contributed by atoms with Crippen LogP contribution in [0.4, 0.5) is 24.5 Å². The van der Waals surface area contributed by atoms with E-state index in [9.17, 15) is 22.7 Å². The number of ketones is 1. The van der Waals surface area contributed by atoms with E-state index in [4.69, 9.17) is 4.74 Å². The highest BCUT2D eigenvalue weighted by atomic mass is 32.2. The summed E-state index contributed by atoms with van der Waals surface area (Å²) < 4.78 is 74.9. The number of carbonyl (C=O) groups is 2. The number of hydrazine groups is 1. The standard InChI is InChI=1S/C39H44F3N7O5S/c1-54-38(51)39(11-12-39)47-18-16-45(17-19-47)23-25-8-13-46(14-9-25)29-4-2-26(3-5-29)27-20-30-31(22-44-37(30)43-21-27)36(50)34-32(41)6-7-33(35(34)42)49(55(52)53)48-15-10-28(40)24-48/h2-7,20-22,25,28H,8-19,23-24H2,1H3,(H,43,44)(H,52,53)/p-1/t28-/m1/s1. The average molecular weight is 779 g/mol. The van der Waals surface area contributed by atoms with Gasteiger partial charge in [0.2, 0.25) is 5.78 Å². The minimum atomic E-state index is -3.06. The van der Waals surface area contributed by atoms with E-state index in [2.05, 4.69) is 36.8 Å². The van der Waals surface area contributed by atoms with Crippen molar-refractivity contribution in [3.63, 3.8) is 0 Å². The molecule has 2 atom stereocenters. The maximum absolute atomic E-state index is 15.9. The first-order chi connectivity index (χ1) is 26.6. The number of H-pyrrole nitrogens is 1. The Morgan fingerprint density at radius 1 is 1.00 bits per heavy atom. The van der Waals surface area contributed by atoms with E-state index in [0.717, 1.165) is 99.9 Å². The summed E-state index contributed by atoms with van der Waals surface area (Å²) in [6.45, 7) is 6.40. The minimum absolute atomic E-state index is 0.00668. The molecule has 16 heteroatoms. The van der Waals surface area contributed by atoms with Gasteiger partial charge in [-0.15, -0.1) is 0 Å². The number of anilines is 2. The number of nitrogens with one attached hydrogen (secondary N) is 1. The van der Waals surface area contributed by atoms with E-state index in [-0.39, 0.29) is 36.6 Å². The fourth-order valence-corrected chi connectivity index (χ4v) is 9.13. The van der Waals surface area contributed by atoms with Crippen LogP contribution in [0.1, 0.15) is 48.0 Å². The number of aromatic nitrogens is 2. The van der Waals surface area contributed by atoms with Crippen molar-refractivity contribution in [2.45, 2.75) is 43.8 Å². The molecule has 1 saturated carbocycles. The number of rotatable bonds is 11. The topological polar surface area (TPSA) is 128 Å². The fraction of sp³-hybridized carbons (Fsp3) is 0.462. The summed E-state index contributed by atoms with van der Waals surface area (Å²) in [5, 5.41) is 1.45. The highest BCUT2D eigenvalue weighted by molar-refractivity contribution is 7.80. The number of piperazine rings is 1. The molecule has 8 rings (SSSR count). The largest absolute Gasteiger partial charge is 0.754 e. The molecule has 5 heterocycles. The predicted molar refractivity (Wildman–Crippen MR) is 201 cm³/mol. The number of pyridine rings is 1. The van der Waals surface area contributed by atoms with Gasteiger partial charge in [0.05, 0.1) is 30.5 Å². The number of esters is 1. The van der Waals surface area contributed by atoms with Crippen molar-refractivity contribution in [3.8, 4) is 11.1 Å². The van der Waals surface area contributed by atoms with E-state index < -0.39 is 46.1 Å². The number of aromatic amines is 1. The van der Waals surface area contributed by atoms with Gasteiger partial charge in [0.15, 0.2) is 5.82 Å². The number of hydrogen-bond donors (Lipinski definition) is 1. The predicted octanol–water partition coefficient (Wildman–Crippen LogP) is 4.84. The van der Waals surface area contributed by atoms with Crippen LogP contribution in [0.25, 0.3) is 22.2 Å². The number of alkyl halides is 1. The van der Waals surface area contributed by atoms with Crippen LogP contribution in [0, 0.1) is 17.6 Å². The maximum Gasteiger partial charge on any atom is 0.326 e. The molecule has 4 fully saturated rings. The van der Waals surface area contributed by atoms with Gasteiger partial charge in [-0.1, -0.05) is 12.1 Å². The highest BCUT2D eigenvalue weighted by Gasteiger charge is 2.56. The third-order valence-electron chi connectivity index (χ3n) is 11.8. The molecule has 1 N–H and O–H groups in total. The fourth-order valence-electron chi connectivity index (χ4n) is 8.49. The van der Waals surface area contributed by atoms with E-state index in [0.29, 0.717) is 26.9 Å². The molecule has 0 spiro atoms. The number of halogens is 3. The third kappa shape index (κ3) is 7.26. The Morgan fingerprint density at radius 2 is 1.73 bits per heavy atom. The second-order valence-corrected chi connectivity index (χ2v) is 15.8.